The van der Waals surface area contributed by atoms with Crippen molar-refractivity contribution in [3.63, 3.8) is 0 Å². The molecule has 0 aromatic rings. The summed E-state index contributed by atoms with van der Waals surface area (Å²) in [7, 11) is 0. The van der Waals surface area contributed by atoms with Crippen molar-refractivity contribution in [3.05, 3.63) is 32.2 Å². The molecule has 0 saturated carbocycles. The van der Waals surface area contributed by atoms with E-state index >= 15 is 0 Å². The number of hydrogen-bond donors (Lipinski definition) is 2. The van der Waals surface area contributed by atoms with Gasteiger partial charge in [-0.15, -0.1) is 13.2 Å². The van der Waals surface area contributed by atoms with Crippen LogP contribution in [0.4, 0.5) is 0 Å². The maximum atomic E-state index is 9.84. The average Bonchev–Trinajstić information content (AvgIpc) is 2.91. The molecule has 0 amide bonds. The monoisotopic (exact) mass is 743 g/mol. The van der Waals surface area contributed by atoms with E-state index in [1.165, 1.54) is 69.9 Å². The van der Waals surface area contributed by atoms with Crippen molar-refractivity contribution in [3.8, 4) is 0 Å². The van der Waals surface area contributed by atoms with Gasteiger partial charge in [0.2, 0.25) is 0 Å². The minimum Gasteiger partial charge on any atom is -0.542 e. The topological polar surface area (TPSA) is 91.7 Å². The Morgan fingerprint density at radius 1 is 0.489 bits per heavy atom. The van der Waals surface area contributed by atoms with Gasteiger partial charge in [-0.2, -0.15) is 24.7 Å². The van der Waals surface area contributed by atoms with E-state index in [0.29, 0.717) is 35.5 Å². The molecule has 0 aliphatic rings. The van der Waals surface area contributed by atoms with Crippen molar-refractivity contribution in [2.75, 3.05) is 13.2 Å². The minimum absolute atomic E-state index is 0. The predicted octanol–water partition coefficient (Wildman–Crippen LogP) is 11.5. The van der Waals surface area contributed by atoms with Gasteiger partial charge in [-0.05, 0) is 35.5 Å². The summed E-state index contributed by atoms with van der Waals surface area (Å²) in [5, 5.41) is 15.5. The number of aliphatic hydroxyl groups is 2. The van der Waals surface area contributed by atoms with E-state index in [9.17, 15) is 14.4 Å². The number of aliphatic hydroxyl groups excluding tert-OH is 2. The molecule has 0 radical (unpaired) electrons. The van der Waals surface area contributed by atoms with Crippen LogP contribution >= 0.6 is 0 Å². The van der Waals surface area contributed by atoms with Gasteiger partial charge in [0.15, 0.2) is 0 Å². The Labute approximate surface area is 314 Å². The van der Waals surface area contributed by atoms with Crippen LogP contribution in [0.3, 0.4) is 0 Å². The molecule has 0 bridgehead atoms. The molecule has 5 nitrogen and oxygen atoms in total. The summed E-state index contributed by atoms with van der Waals surface area (Å²) in [5.74, 6) is 0. The van der Waals surface area contributed by atoms with Crippen LogP contribution in [0.5, 0.6) is 0 Å². The number of rotatable bonds is 17. The van der Waals surface area contributed by atoms with Gasteiger partial charge >= 0.3 is 0 Å². The zero-order valence-electron chi connectivity index (χ0n) is 33.4. The van der Waals surface area contributed by atoms with Crippen LogP contribution in [0, 0.1) is 28.6 Å². The zero-order valence-corrected chi connectivity index (χ0v) is 35.9. The maximum Gasteiger partial charge on any atom is 0.0609 e. The Morgan fingerprint density at radius 2 is 0.660 bits per heavy atom. The molecule has 0 atom stereocenters. The fourth-order valence-corrected chi connectivity index (χ4v) is 3.09. The molecule has 2 N–H and O–H groups in total. The van der Waals surface area contributed by atoms with Gasteiger partial charge in [0.05, 0.1) is 13.2 Å². The normalized spacial score (nSPS) is 10.4. The molecular weight excluding hydrogens is 664 g/mol. The first-order valence-electron chi connectivity index (χ1n) is 17.4. The van der Waals surface area contributed by atoms with Gasteiger partial charge in [0.1, 0.15) is 0 Å². The van der Waals surface area contributed by atoms with E-state index < -0.39 is 0 Å². The van der Waals surface area contributed by atoms with Crippen molar-refractivity contribution in [2.45, 2.75) is 179 Å². The van der Waals surface area contributed by atoms with Crippen LogP contribution in [0.2, 0.25) is 0 Å². The summed E-state index contributed by atoms with van der Waals surface area (Å²) in [6, 6.07) is 0. The van der Waals surface area contributed by atoms with E-state index in [1.54, 1.807) is 0 Å². The number of hydrogen-bond acceptors (Lipinski definition) is 5. The molecule has 0 rings (SSSR count). The molecule has 0 aromatic heterocycles. The van der Waals surface area contributed by atoms with Gasteiger partial charge < -0.3 is 31.5 Å². The van der Waals surface area contributed by atoms with E-state index in [2.05, 4.69) is 103 Å². The average molecular weight is 744 g/mol. The molecule has 47 heavy (non-hydrogen) atoms. The molecule has 0 aromatic carbocycles. The zero-order chi connectivity index (χ0) is 37.6. The molecule has 6 heteroatoms. The maximum absolute atomic E-state index is 9.84. The van der Waals surface area contributed by atoms with Gasteiger partial charge in [-0.25, -0.2) is 0 Å². The third kappa shape index (κ3) is 133. The molecule has 0 unspecified atom stereocenters. The molecule has 282 valence electrons. The first-order valence-corrected chi connectivity index (χ1v) is 17.4. The van der Waals surface area contributed by atoms with E-state index in [-0.39, 0.29) is 44.8 Å². The fraction of sp³-hybridized carbons (Fsp3) is 0.805. The molecular formula is C41H80O5Zr-4. The van der Waals surface area contributed by atoms with Crippen LogP contribution in [0.15, 0.2) is 25.3 Å². The molecule has 0 heterocycles. The van der Waals surface area contributed by atoms with Gasteiger partial charge in [0.25, 0.3) is 0 Å². The second-order valence-electron chi connectivity index (χ2n) is 16.3. The summed E-state index contributed by atoms with van der Waals surface area (Å²) in [6.45, 7) is 36.9. The Balaban J connectivity index is -0.0000000854. The fourth-order valence-electron chi connectivity index (χ4n) is 3.09. The third-order valence-corrected chi connectivity index (χ3v) is 5.38. The van der Waals surface area contributed by atoms with Crippen LogP contribution in [-0.4, -0.2) is 42.3 Å². The van der Waals surface area contributed by atoms with Crippen molar-refractivity contribution in [1.82, 2.24) is 0 Å². The molecule has 0 saturated heterocycles. The Morgan fingerprint density at radius 3 is 0.766 bits per heavy atom. The standard InChI is InChI=1S/3C10H19O.C5H11.2C3H6O.Zr/c3*1-10(2,3)8-6-4-5-7-9-11;1-5(2,3)4;2*1-2-3-4;/h3*4-8H2,1-3H3;1H2,2-4H3;2*2,4H,1,3H2;/q4*-1;;;. The predicted molar refractivity (Wildman–Crippen MR) is 204 cm³/mol. The summed E-state index contributed by atoms with van der Waals surface area (Å²) in [4.78, 5) is 29.5. The van der Waals surface area contributed by atoms with Gasteiger partial charge in [-0.1, -0.05) is 153 Å². The summed E-state index contributed by atoms with van der Waals surface area (Å²) >= 11 is 0. The largest absolute Gasteiger partial charge is 0.542 e. The smallest absolute Gasteiger partial charge is 0.0609 e. The Bertz CT molecular complexity index is 552. The molecule has 0 spiro atoms. The SMILES string of the molecule is C=CCO.C=CCO.CC(C)(C)CCCCC[C-]=O.CC(C)(C)CCCCC[C-]=O.CC(C)(C)CCCCC[C-]=O.[CH2-]C(C)(C)C.[Zr]. The third-order valence-electron chi connectivity index (χ3n) is 5.38. The van der Waals surface area contributed by atoms with Crippen molar-refractivity contribution in [2.24, 2.45) is 21.7 Å². The summed E-state index contributed by atoms with van der Waals surface area (Å²) in [6.07, 6.45) is 24.5. The second-order valence-corrected chi connectivity index (χ2v) is 16.3. The Kier molecular flexibility index (Phi) is 56.7. The Hall–Kier alpha value is -0.707. The molecule has 0 fully saturated rings. The van der Waals surface area contributed by atoms with Crippen molar-refractivity contribution >= 4 is 18.9 Å². The summed E-state index contributed by atoms with van der Waals surface area (Å²) in [5.41, 5.74) is 1.60. The van der Waals surface area contributed by atoms with Gasteiger partial charge in [-0.3, -0.25) is 18.9 Å². The second kappa shape index (κ2) is 43.3. The number of carbonyl (C=O) groups excluding carboxylic acids is 3. The summed E-state index contributed by atoms with van der Waals surface area (Å²) < 4.78 is 0. The van der Waals surface area contributed by atoms with E-state index in [1.807, 2.05) is 18.9 Å². The van der Waals surface area contributed by atoms with E-state index in [4.69, 9.17) is 10.2 Å². The van der Waals surface area contributed by atoms with Crippen LogP contribution in [-0.2, 0) is 40.6 Å². The minimum atomic E-state index is 0. The van der Waals surface area contributed by atoms with Crippen LogP contribution in [0.25, 0.3) is 0 Å². The van der Waals surface area contributed by atoms with Crippen LogP contribution in [0.1, 0.15) is 179 Å². The first-order chi connectivity index (χ1) is 21.0. The quantitative estimate of drug-likeness (QED) is 0.0879. The van der Waals surface area contributed by atoms with Crippen LogP contribution < -0.4 is 0 Å². The van der Waals surface area contributed by atoms with Crippen molar-refractivity contribution < 1.29 is 50.8 Å². The van der Waals surface area contributed by atoms with Gasteiger partial charge in [0, 0.05) is 26.2 Å². The first kappa shape index (κ1) is 61.5. The van der Waals surface area contributed by atoms with Crippen molar-refractivity contribution in [1.29, 1.82) is 0 Å². The molecule has 0 aliphatic carbocycles. The van der Waals surface area contributed by atoms with E-state index in [0.717, 1.165) is 19.3 Å². The number of unbranched alkanes of at least 4 members (excludes halogenated alkanes) is 9. The molecule has 0 aliphatic heterocycles.